The maximum atomic E-state index is 11.1. The Balaban J connectivity index is 2.12. The summed E-state index contributed by atoms with van der Waals surface area (Å²) in [5, 5.41) is 12.4. The van der Waals surface area contributed by atoms with Crippen LogP contribution in [0.2, 0.25) is 0 Å². The van der Waals surface area contributed by atoms with Crippen LogP contribution >= 0.6 is 0 Å². The van der Waals surface area contributed by atoms with E-state index in [1.807, 2.05) is 13.0 Å². The van der Waals surface area contributed by atoms with E-state index < -0.39 is 5.97 Å². The molecule has 0 atom stereocenters. The molecule has 0 heterocycles. The molecule has 0 aliphatic heterocycles. The minimum Gasteiger partial charge on any atom is -0.478 e. The Kier molecular flexibility index (Phi) is 3.43. The monoisotopic (exact) mass is 250 g/mol. The Hall–Kier alpha value is -1.75. The molecule has 0 spiro atoms. The summed E-state index contributed by atoms with van der Waals surface area (Å²) in [7, 11) is 1.71. The highest BCUT2D eigenvalue weighted by Gasteiger charge is 2.29. The number of ether oxygens (including phenoxy) is 1. The number of carbonyl (C=O) groups is 1. The van der Waals surface area contributed by atoms with Crippen LogP contribution in [0.15, 0.2) is 12.1 Å². The van der Waals surface area contributed by atoms with Gasteiger partial charge in [-0.05, 0) is 37.5 Å². The number of benzene rings is 1. The summed E-state index contributed by atoms with van der Waals surface area (Å²) in [6, 6.07) is 3.81. The van der Waals surface area contributed by atoms with Crippen molar-refractivity contribution in [2.75, 3.05) is 18.2 Å². The predicted molar refractivity (Wildman–Crippen MR) is 70.0 cm³/mol. The number of aryl methyl sites for hydroxylation is 1. The van der Waals surface area contributed by atoms with Crippen molar-refractivity contribution in [3.63, 3.8) is 0 Å². The van der Waals surface area contributed by atoms with Gasteiger partial charge in [0.2, 0.25) is 0 Å². The van der Waals surface area contributed by atoms with E-state index in [0.717, 1.165) is 24.1 Å². The van der Waals surface area contributed by atoms with Crippen LogP contribution in [0, 0.1) is 6.92 Å². The predicted octanol–water partition coefficient (Wildman–Crippen LogP) is 1.86. The summed E-state index contributed by atoms with van der Waals surface area (Å²) in [5.41, 5.74) is 7.81. The van der Waals surface area contributed by atoms with Gasteiger partial charge in [0.05, 0.1) is 11.7 Å². The number of aromatic carboxylic acids is 1. The Morgan fingerprint density at radius 2 is 2.17 bits per heavy atom. The van der Waals surface area contributed by atoms with E-state index in [1.165, 1.54) is 0 Å². The quantitative estimate of drug-likeness (QED) is 0.710. The molecule has 18 heavy (non-hydrogen) atoms. The van der Waals surface area contributed by atoms with Gasteiger partial charge in [0.25, 0.3) is 0 Å². The van der Waals surface area contributed by atoms with Crippen LogP contribution in [0.3, 0.4) is 0 Å². The number of nitrogens with two attached hydrogens (primary N) is 1. The number of carboxylic acids is 1. The van der Waals surface area contributed by atoms with Crippen molar-refractivity contribution in [2.24, 2.45) is 0 Å². The number of methoxy groups -OCH3 is 1. The van der Waals surface area contributed by atoms with Gasteiger partial charge >= 0.3 is 5.97 Å². The molecule has 5 heteroatoms. The number of nitrogen functional groups attached to an aromatic ring is 1. The minimum atomic E-state index is -0.998. The standard InChI is InChI=1S/C13H18N2O3/c1-7-3-8(6-11(12(7)14)13(16)17)15-9-4-10(5-9)18-2/h3,6,9-10,15H,4-5,14H2,1-2H3,(H,16,17). The Labute approximate surface area is 106 Å². The van der Waals surface area contributed by atoms with E-state index in [1.54, 1.807) is 13.2 Å². The van der Waals surface area contributed by atoms with E-state index in [4.69, 9.17) is 15.6 Å². The highest BCUT2D eigenvalue weighted by Crippen LogP contribution is 2.29. The summed E-state index contributed by atoms with van der Waals surface area (Å²) in [6.07, 6.45) is 2.21. The third-order valence-corrected chi connectivity index (χ3v) is 3.42. The smallest absolute Gasteiger partial charge is 0.337 e. The Morgan fingerprint density at radius 1 is 1.50 bits per heavy atom. The molecule has 1 aromatic carbocycles. The highest BCUT2D eigenvalue weighted by atomic mass is 16.5. The maximum absolute atomic E-state index is 11.1. The van der Waals surface area contributed by atoms with Crippen LogP contribution < -0.4 is 11.1 Å². The number of carboxylic acid groups (broad SMARTS) is 1. The molecule has 5 nitrogen and oxygen atoms in total. The number of hydrogen-bond donors (Lipinski definition) is 3. The van der Waals surface area contributed by atoms with Crippen molar-refractivity contribution in [2.45, 2.75) is 31.9 Å². The molecule has 1 fully saturated rings. The van der Waals surface area contributed by atoms with E-state index in [9.17, 15) is 4.79 Å². The van der Waals surface area contributed by atoms with Crippen molar-refractivity contribution < 1.29 is 14.6 Å². The van der Waals surface area contributed by atoms with Crippen LogP contribution in [0.1, 0.15) is 28.8 Å². The molecule has 0 amide bonds. The van der Waals surface area contributed by atoms with Gasteiger partial charge in [-0.1, -0.05) is 0 Å². The number of nitrogens with one attached hydrogen (secondary N) is 1. The van der Waals surface area contributed by atoms with Crippen molar-refractivity contribution in [1.29, 1.82) is 0 Å². The van der Waals surface area contributed by atoms with Gasteiger partial charge in [-0.25, -0.2) is 4.79 Å². The molecule has 0 bridgehead atoms. The van der Waals surface area contributed by atoms with E-state index in [2.05, 4.69) is 5.32 Å². The zero-order valence-electron chi connectivity index (χ0n) is 10.6. The topological polar surface area (TPSA) is 84.6 Å². The molecule has 1 aromatic rings. The number of rotatable bonds is 4. The summed E-state index contributed by atoms with van der Waals surface area (Å²) in [5.74, 6) is -0.998. The van der Waals surface area contributed by atoms with Crippen LogP contribution in [0.25, 0.3) is 0 Å². The summed E-state index contributed by atoms with van der Waals surface area (Å²) < 4.78 is 5.20. The third-order valence-electron chi connectivity index (χ3n) is 3.42. The zero-order chi connectivity index (χ0) is 13.3. The molecule has 1 aliphatic carbocycles. The molecular formula is C13H18N2O3. The largest absolute Gasteiger partial charge is 0.478 e. The van der Waals surface area contributed by atoms with Crippen LogP contribution in [0.4, 0.5) is 11.4 Å². The van der Waals surface area contributed by atoms with E-state index in [-0.39, 0.29) is 5.56 Å². The number of hydrogen-bond acceptors (Lipinski definition) is 4. The fourth-order valence-electron chi connectivity index (χ4n) is 2.17. The molecule has 1 aliphatic rings. The lowest BCUT2D eigenvalue weighted by Gasteiger charge is -2.35. The van der Waals surface area contributed by atoms with E-state index in [0.29, 0.717) is 17.8 Å². The molecule has 98 valence electrons. The first-order valence-corrected chi connectivity index (χ1v) is 5.94. The molecule has 4 N–H and O–H groups in total. The Morgan fingerprint density at radius 3 is 2.72 bits per heavy atom. The average molecular weight is 250 g/mol. The first kappa shape index (κ1) is 12.7. The third kappa shape index (κ3) is 2.41. The lowest BCUT2D eigenvalue weighted by Crippen LogP contribution is -2.40. The molecule has 0 aromatic heterocycles. The SMILES string of the molecule is COC1CC(Nc2cc(C)c(N)c(C(=O)O)c2)C1. The van der Waals surface area contributed by atoms with Gasteiger partial charge < -0.3 is 20.9 Å². The zero-order valence-corrected chi connectivity index (χ0v) is 10.6. The summed E-state index contributed by atoms with van der Waals surface area (Å²) in [4.78, 5) is 11.1. The van der Waals surface area contributed by atoms with Gasteiger partial charge in [0.1, 0.15) is 0 Å². The van der Waals surface area contributed by atoms with Crippen molar-refractivity contribution in [1.82, 2.24) is 0 Å². The van der Waals surface area contributed by atoms with Gasteiger partial charge in [0, 0.05) is 24.5 Å². The van der Waals surface area contributed by atoms with Crippen molar-refractivity contribution >= 4 is 17.3 Å². The average Bonchev–Trinajstić information content (AvgIpc) is 2.26. The molecule has 0 saturated heterocycles. The molecule has 0 radical (unpaired) electrons. The summed E-state index contributed by atoms with van der Waals surface area (Å²) >= 11 is 0. The van der Waals surface area contributed by atoms with Gasteiger partial charge in [-0.2, -0.15) is 0 Å². The Bertz CT molecular complexity index is 468. The molecule has 0 unspecified atom stereocenters. The van der Waals surface area contributed by atoms with Crippen molar-refractivity contribution in [3.8, 4) is 0 Å². The first-order chi connectivity index (χ1) is 8.51. The second-order valence-corrected chi connectivity index (χ2v) is 4.73. The number of anilines is 2. The highest BCUT2D eigenvalue weighted by molar-refractivity contribution is 5.95. The van der Waals surface area contributed by atoms with Gasteiger partial charge in [-0.15, -0.1) is 0 Å². The summed E-state index contributed by atoms with van der Waals surface area (Å²) in [6.45, 7) is 1.81. The van der Waals surface area contributed by atoms with Crippen LogP contribution in [0.5, 0.6) is 0 Å². The lowest BCUT2D eigenvalue weighted by atomic mass is 9.89. The second-order valence-electron chi connectivity index (χ2n) is 4.73. The fourth-order valence-corrected chi connectivity index (χ4v) is 2.17. The normalized spacial score (nSPS) is 22.3. The van der Waals surface area contributed by atoms with Gasteiger partial charge in [-0.3, -0.25) is 0 Å². The molecule has 1 saturated carbocycles. The van der Waals surface area contributed by atoms with E-state index >= 15 is 0 Å². The lowest BCUT2D eigenvalue weighted by molar-refractivity contribution is 0.0328. The first-order valence-electron chi connectivity index (χ1n) is 5.94. The van der Waals surface area contributed by atoms with Gasteiger partial charge in [0.15, 0.2) is 0 Å². The minimum absolute atomic E-state index is 0.153. The fraction of sp³-hybridized carbons (Fsp3) is 0.462. The van der Waals surface area contributed by atoms with Crippen LogP contribution in [-0.4, -0.2) is 30.3 Å². The molecular weight excluding hydrogens is 232 g/mol. The molecule has 2 rings (SSSR count). The van der Waals surface area contributed by atoms with Crippen molar-refractivity contribution in [3.05, 3.63) is 23.3 Å². The second kappa shape index (κ2) is 4.86. The van der Waals surface area contributed by atoms with Crippen LogP contribution in [-0.2, 0) is 4.74 Å². The maximum Gasteiger partial charge on any atom is 0.337 e.